The molecule has 1 aliphatic rings. The summed E-state index contributed by atoms with van der Waals surface area (Å²) in [6.07, 6.45) is 1.88. The smallest absolute Gasteiger partial charge is 0.342 e. The zero-order valence-electron chi connectivity index (χ0n) is 37.5. The molecule has 2 atom stereocenters. The van der Waals surface area contributed by atoms with Gasteiger partial charge in [-0.05, 0) is 103 Å². The van der Waals surface area contributed by atoms with Crippen LogP contribution in [0.5, 0.6) is 11.5 Å². The van der Waals surface area contributed by atoms with E-state index in [2.05, 4.69) is 64.1 Å². The molecule has 5 rings (SSSR count). The number of fused-ring (bicyclic) bond motifs is 3. The van der Waals surface area contributed by atoms with Crippen molar-refractivity contribution < 1.29 is 57.3 Å². The Hall–Kier alpha value is -4.82. The normalized spacial score (nSPS) is 14.6. The highest BCUT2D eigenvalue weighted by atomic mass is 17.2. The standard InChI is InChI=1S/C50H64O12/c1-8-20-54-23-24-57-28-30-61-62-47-19-15-39(34-43(47)49(52)59-11-4)50(44-31-35(5)12-16-40(44)41-17-13-37(32-45(41)50)36(6)9-2)38-14-18-46(42(33-38)48(51)58-10-3)60-29-27-56-26-25-55-22-21-53-7/h12-19,31-34,36H,8-11,20-30H2,1-7H3. The van der Waals surface area contributed by atoms with Gasteiger partial charge in [0, 0.05) is 13.7 Å². The largest absolute Gasteiger partial charge is 0.490 e. The van der Waals surface area contributed by atoms with Crippen molar-refractivity contribution >= 4 is 11.9 Å². The van der Waals surface area contributed by atoms with Crippen molar-refractivity contribution in [3.05, 3.63) is 117 Å². The minimum Gasteiger partial charge on any atom is -0.490 e. The van der Waals surface area contributed by atoms with E-state index in [9.17, 15) is 9.59 Å². The van der Waals surface area contributed by atoms with Gasteiger partial charge in [-0.1, -0.05) is 74.9 Å². The second-order valence-electron chi connectivity index (χ2n) is 15.0. The average Bonchev–Trinajstić information content (AvgIpc) is 3.57. The molecule has 0 aliphatic heterocycles. The highest BCUT2D eigenvalue weighted by molar-refractivity contribution is 5.95. The number of methoxy groups -OCH3 is 1. The van der Waals surface area contributed by atoms with Crippen molar-refractivity contribution in [2.24, 2.45) is 0 Å². The second kappa shape index (κ2) is 24.7. The Morgan fingerprint density at radius 3 is 1.71 bits per heavy atom. The number of carbonyl (C=O) groups is 2. The predicted octanol–water partition coefficient (Wildman–Crippen LogP) is 9.04. The fourth-order valence-electron chi connectivity index (χ4n) is 7.59. The van der Waals surface area contributed by atoms with E-state index < -0.39 is 17.4 Å². The van der Waals surface area contributed by atoms with Crippen molar-refractivity contribution in [2.75, 3.05) is 93.0 Å². The molecule has 2 unspecified atom stereocenters. The maximum atomic E-state index is 13.9. The summed E-state index contributed by atoms with van der Waals surface area (Å²) in [5, 5.41) is 0. The number of aryl methyl sites for hydroxylation is 1. The summed E-state index contributed by atoms with van der Waals surface area (Å²) in [5.74, 6) is -0.255. The van der Waals surface area contributed by atoms with Gasteiger partial charge >= 0.3 is 11.9 Å². The molecule has 0 saturated carbocycles. The lowest BCUT2D eigenvalue weighted by Crippen LogP contribution is -2.30. The lowest BCUT2D eigenvalue weighted by Gasteiger charge is -2.35. The van der Waals surface area contributed by atoms with Crippen LogP contribution in [-0.2, 0) is 43.5 Å². The van der Waals surface area contributed by atoms with Crippen molar-refractivity contribution in [3.63, 3.8) is 0 Å². The fourth-order valence-corrected chi connectivity index (χ4v) is 7.59. The number of carbonyl (C=O) groups excluding carboxylic acids is 2. The maximum Gasteiger partial charge on any atom is 0.342 e. The molecule has 336 valence electrons. The number of rotatable bonds is 28. The first kappa shape index (κ1) is 48.2. The molecule has 0 radical (unpaired) electrons. The summed E-state index contributed by atoms with van der Waals surface area (Å²) in [4.78, 5) is 39.1. The first-order valence-corrected chi connectivity index (χ1v) is 21.9. The topological polar surface area (TPSA) is 126 Å². The van der Waals surface area contributed by atoms with Crippen LogP contribution in [0.25, 0.3) is 11.1 Å². The van der Waals surface area contributed by atoms with Crippen molar-refractivity contribution in [1.29, 1.82) is 0 Å². The third-order valence-electron chi connectivity index (χ3n) is 10.8. The second-order valence-corrected chi connectivity index (χ2v) is 15.0. The van der Waals surface area contributed by atoms with E-state index >= 15 is 0 Å². The average molecular weight is 857 g/mol. The number of hydrogen-bond donors (Lipinski definition) is 0. The van der Waals surface area contributed by atoms with Gasteiger partial charge in [0.2, 0.25) is 0 Å². The Bertz CT molecular complexity index is 1960. The maximum absolute atomic E-state index is 13.9. The fraction of sp³-hybridized carbons (Fsp3) is 0.480. The summed E-state index contributed by atoms with van der Waals surface area (Å²) in [5.41, 5.74) is 7.31. The van der Waals surface area contributed by atoms with Crippen LogP contribution in [0.2, 0.25) is 0 Å². The first-order chi connectivity index (χ1) is 30.2. The number of ether oxygens (including phenoxy) is 8. The summed E-state index contributed by atoms with van der Waals surface area (Å²) >= 11 is 0. The summed E-state index contributed by atoms with van der Waals surface area (Å²) in [7, 11) is 1.63. The molecule has 4 aromatic carbocycles. The van der Waals surface area contributed by atoms with Gasteiger partial charge in [0.1, 0.15) is 30.1 Å². The number of hydrogen-bond acceptors (Lipinski definition) is 12. The van der Waals surface area contributed by atoms with Crippen LogP contribution < -0.4 is 9.62 Å². The van der Waals surface area contributed by atoms with Crippen molar-refractivity contribution in [2.45, 2.75) is 65.7 Å². The van der Waals surface area contributed by atoms with E-state index in [0.717, 1.165) is 51.8 Å². The Morgan fingerprint density at radius 2 is 1.11 bits per heavy atom. The van der Waals surface area contributed by atoms with E-state index in [0.29, 0.717) is 52.0 Å². The van der Waals surface area contributed by atoms with Crippen LogP contribution in [0.15, 0.2) is 72.8 Å². The summed E-state index contributed by atoms with van der Waals surface area (Å²) in [6, 6.07) is 24.3. The number of esters is 2. The van der Waals surface area contributed by atoms with Crippen LogP contribution in [0.1, 0.15) is 107 Å². The van der Waals surface area contributed by atoms with Crippen molar-refractivity contribution in [3.8, 4) is 22.6 Å². The van der Waals surface area contributed by atoms with Crippen molar-refractivity contribution in [1.82, 2.24) is 0 Å². The van der Waals surface area contributed by atoms with Gasteiger partial charge in [-0.15, -0.1) is 0 Å². The molecule has 12 heteroatoms. The van der Waals surface area contributed by atoms with Gasteiger partial charge in [0.05, 0.1) is 71.5 Å². The quantitative estimate of drug-likeness (QED) is 0.0206. The van der Waals surface area contributed by atoms with E-state index in [1.165, 1.54) is 5.56 Å². The molecule has 0 bridgehead atoms. The van der Waals surface area contributed by atoms with E-state index in [-0.39, 0.29) is 62.4 Å². The monoisotopic (exact) mass is 856 g/mol. The zero-order valence-corrected chi connectivity index (χ0v) is 37.5. The third-order valence-corrected chi connectivity index (χ3v) is 10.8. The van der Waals surface area contributed by atoms with Gasteiger partial charge in [0.25, 0.3) is 0 Å². The van der Waals surface area contributed by atoms with Crippen LogP contribution in [-0.4, -0.2) is 105 Å². The van der Waals surface area contributed by atoms with E-state index in [1.807, 2.05) is 30.3 Å². The van der Waals surface area contributed by atoms with E-state index in [4.69, 9.17) is 47.7 Å². The molecule has 0 saturated heterocycles. The molecule has 0 heterocycles. The predicted molar refractivity (Wildman–Crippen MR) is 237 cm³/mol. The Balaban J connectivity index is 1.62. The molecule has 0 spiro atoms. The highest BCUT2D eigenvalue weighted by Crippen LogP contribution is 2.57. The Morgan fingerprint density at radius 1 is 0.581 bits per heavy atom. The SMILES string of the molecule is CCCOCCOCCOOc1ccc(C2(c3ccc(OCCOCCOCCOC)c(C(=O)OCC)c3)c3cc(C)ccc3-c3ccc(C(C)CC)cc32)cc1C(=O)OCC. The molecule has 62 heavy (non-hydrogen) atoms. The lowest BCUT2D eigenvalue weighted by atomic mass is 9.66. The van der Waals surface area contributed by atoms with Crippen LogP contribution in [0.3, 0.4) is 0 Å². The summed E-state index contributed by atoms with van der Waals surface area (Å²) < 4.78 is 44.8. The molecule has 12 nitrogen and oxygen atoms in total. The molecule has 4 aromatic rings. The Labute approximate surface area is 366 Å². The van der Waals surface area contributed by atoms with Gasteiger partial charge in [-0.3, -0.25) is 0 Å². The lowest BCUT2D eigenvalue weighted by molar-refractivity contribution is -0.215. The molecular weight excluding hydrogens is 793 g/mol. The minimum atomic E-state index is -1.03. The van der Waals surface area contributed by atoms with Gasteiger partial charge in [-0.2, -0.15) is 4.89 Å². The van der Waals surface area contributed by atoms with E-state index in [1.54, 1.807) is 27.0 Å². The molecule has 1 aliphatic carbocycles. The van der Waals surface area contributed by atoms with Gasteiger partial charge in [0.15, 0.2) is 5.75 Å². The molecule has 0 amide bonds. The number of benzene rings is 4. The van der Waals surface area contributed by atoms with Gasteiger partial charge < -0.3 is 42.8 Å². The van der Waals surface area contributed by atoms with Crippen LogP contribution in [0, 0.1) is 6.92 Å². The van der Waals surface area contributed by atoms with Crippen LogP contribution in [0.4, 0.5) is 0 Å². The molecule has 0 aromatic heterocycles. The molecular formula is C50H64O12. The molecule has 0 fully saturated rings. The first-order valence-electron chi connectivity index (χ1n) is 21.9. The Kier molecular flexibility index (Phi) is 19.2. The molecule has 0 N–H and O–H groups in total. The highest BCUT2D eigenvalue weighted by Gasteiger charge is 2.47. The summed E-state index contributed by atoms with van der Waals surface area (Å²) in [6.45, 7) is 16.7. The van der Waals surface area contributed by atoms with Gasteiger partial charge in [-0.25, -0.2) is 9.59 Å². The zero-order chi connectivity index (χ0) is 44.3. The van der Waals surface area contributed by atoms with Crippen LogP contribution >= 0.6 is 0 Å². The minimum absolute atomic E-state index is 0.126. The third kappa shape index (κ3) is 11.8.